The number of nitrogens with two attached hydrogens (primary N) is 1. The molecular formula is C33H36F3N7O3. The largest absolute Gasteiger partial charge is 0.449 e. The van der Waals surface area contributed by atoms with Gasteiger partial charge in [0.1, 0.15) is 18.3 Å². The molecule has 2 saturated heterocycles. The van der Waals surface area contributed by atoms with Crippen LogP contribution in [0.4, 0.5) is 18.0 Å². The van der Waals surface area contributed by atoms with Gasteiger partial charge < -0.3 is 30.7 Å². The van der Waals surface area contributed by atoms with Gasteiger partial charge in [-0.1, -0.05) is 48.5 Å². The number of primary amides is 1. The molecule has 2 amide bonds. The predicted molar refractivity (Wildman–Crippen MR) is 165 cm³/mol. The number of aromatic nitrogens is 4. The van der Waals surface area contributed by atoms with Crippen LogP contribution in [0.15, 0.2) is 60.9 Å². The number of hydrogen-bond acceptors (Lipinski definition) is 6. The average molecular weight is 636 g/mol. The quantitative estimate of drug-likeness (QED) is 0.162. The zero-order valence-electron chi connectivity index (χ0n) is 25.1. The Morgan fingerprint density at radius 1 is 0.891 bits per heavy atom. The summed E-state index contributed by atoms with van der Waals surface area (Å²) in [6, 6.07) is 16.2. The lowest BCUT2D eigenvalue weighted by Gasteiger charge is -2.28. The molecule has 46 heavy (non-hydrogen) atoms. The molecule has 3 unspecified atom stereocenters. The fraction of sp³-hybridized carbons (Fsp3) is 0.394. The third kappa shape index (κ3) is 7.25. The number of nitrogens with one attached hydrogen (secondary N) is 3. The molecule has 242 valence electrons. The van der Waals surface area contributed by atoms with Gasteiger partial charge in [0.2, 0.25) is 5.91 Å². The first-order chi connectivity index (χ1) is 22.1. The van der Waals surface area contributed by atoms with E-state index in [9.17, 15) is 22.8 Å². The summed E-state index contributed by atoms with van der Waals surface area (Å²) in [6.45, 7) is 0.879. The second kappa shape index (κ2) is 13.4. The van der Waals surface area contributed by atoms with Crippen LogP contribution in [0.2, 0.25) is 0 Å². The summed E-state index contributed by atoms with van der Waals surface area (Å²) in [5, 5.41) is 3.46. The second-order valence-corrected chi connectivity index (χ2v) is 11.8. The molecule has 0 spiro atoms. The van der Waals surface area contributed by atoms with Crippen molar-refractivity contribution in [3.05, 3.63) is 72.6 Å². The molecule has 2 aromatic carbocycles. The number of imidazole rings is 2. The summed E-state index contributed by atoms with van der Waals surface area (Å²) in [7, 11) is 0. The number of rotatable bonds is 10. The van der Waals surface area contributed by atoms with Crippen LogP contribution in [0.25, 0.3) is 33.6 Å². The highest BCUT2D eigenvalue weighted by atomic mass is 19.4. The lowest BCUT2D eigenvalue weighted by Crippen LogP contribution is -2.39. The van der Waals surface area contributed by atoms with Crippen molar-refractivity contribution in [2.24, 2.45) is 11.7 Å². The van der Waals surface area contributed by atoms with Crippen molar-refractivity contribution in [1.29, 1.82) is 0 Å². The summed E-state index contributed by atoms with van der Waals surface area (Å²) in [4.78, 5) is 41.8. The first kappa shape index (κ1) is 31.3. The van der Waals surface area contributed by atoms with Gasteiger partial charge in [0.25, 0.3) is 0 Å². The van der Waals surface area contributed by atoms with E-state index in [1.807, 2.05) is 30.5 Å². The van der Waals surface area contributed by atoms with E-state index in [1.54, 1.807) is 6.20 Å². The minimum atomic E-state index is -4.44. The van der Waals surface area contributed by atoms with Crippen molar-refractivity contribution >= 4 is 12.0 Å². The van der Waals surface area contributed by atoms with Gasteiger partial charge >= 0.3 is 12.3 Å². The SMILES string of the molecule is NC(=O)OCC(CCC(F)(F)F)C(=O)N1CCCC1c1ncc(-c2ccc(-c3ccc(-c4cnc(C5CCCN5)[nH]4)cc3)cc2)[nH]1. The zero-order chi connectivity index (χ0) is 32.3. The molecular weight excluding hydrogens is 599 g/mol. The number of benzene rings is 2. The van der Waals surface area contributed by atoms with Crippen LogP contribution in [0.3, 0.4) is 0 Å². The Labute approximate surface area is 264 Å². The zero-order valence-corrected chi connectivity index (χ0v) is 25.1. The fourth-order valence-corrected chi connectivity index (χ4v) is 6.26. The van der Waals surface area contributed by atoms with Crippen LogP contribution in [0.1, 0.15) is 62.3 Å². The Kier molecular flexibility index (Phi) is 9.11. The number of hydrogen-bond donors (Lipinski definition) is 4. The van der Waals surface area contributed by atoms with Crippen LogP contribution in [-0.4, -0.2) is 62.7 Å². The van der Waals surface area contributed by atoms with Crippen molar-refractivity contribution in [2.75, 3.05) is 19.7 Å². The van der Waals surface area contributed by atoms with Gasteiger partial charge in [0.05, 0.1) is 41.8 Å². The maximum atomic E-state index is 13.3. The Bertz CT molecular complexity index is 1640. The summed E-state index contributed by atoms with van der Waals surface area (Å²) >= 11 is 0. The fourth-order valence-electron chi connectivity index (χ4n) is 6.26. The minimum Gasteiger partial charge on any atom is -0.449 e. The third-order valence-electron chi connectivity index (χ3n) is 8.71. The Balaban J connectivity index is 1.11. The standard InChI is InChI=1S/C33H36F3N7O3/c34-33(35,36)14-13-24(19-46-32(37)45)31(44)43-16-2-4-28(43)30-40-18-27(42-30)23-11-7-21(8-12-23)20-5-9-22(10-6-20)26-17-39-29(41-26)25-3-1-15-38-25/h5-12,17-18,24-25,28,38H,1-4,13-16,19H2,(H2,37,45)(H,39,41)(H,40,42). The Morgan fingerprint density at radius 3 is 2.04 bits per heavy atom. The summed E-state index contributed by atoms with van der Waals surface area (Å²) < 4.78 is 43.5. The summed E-state index contributed by atoms with van der Waals surface area (Å²) in [5.74, 6) is -0.144. The molecule has 2 aliphatic rings. The molecule has 2 fully saturated rings. The average Bonchev–Trinajstić information content (AvgIpc) is 3.87. The number of amides is 2. The van der Waals surface area contributed by atoms with Crippen molar-refractivity contribution < 1.29 is 27.5 Å². The minimum absolute atomic E-state index is 0.288. The summed E-state index contributed by atoms with van der Waals surface area (Å²) in [6.07, 6.45) is -0.161. The molecule has 2 aromatic heterocycles. The third-order valence-corrected chi connectivity index (χ3v) is 8.71. The van der Waals surface area contributed by atoms with Gasteiger partial charge in [0.15, 0.2) is 0 Å². The van der Waals surface area contributed by atoms with Crippen molar-refractivity contribution in [2.45, 2.75) is 56.8 Å². The molecule has 4 heterocycles. The van der Waals surface area contributed by atoms with Crippen LogP contribution in [0.5, 0.6) is 0 Å². The first-order valence-electron chi connectivity index (χ1n) is 15.5. The molecule has 2 aliphatic heterocycles. The molecule has 6 rings (SSSR count). The van der Waals surface area contributed by atoms with Gasteiger partial charge in [0, 0.05) is 13.0 Å². The lowest BCUT2D eigenvalue weighted by molar-refractivity contribution is -0.147. The van der Waals surface area contributed by atoms with Crippen molar-refractivity contribution in [3.63, 3.8) is 0 Å². The molecule has 0 radical (unpaired) electrons. The van der Waals surface area contributed by atoms with Gasteiger partial charge in [-0.2, -0.15) is 13.2 Å². The first-order valence-corrected chi connectivity index (χ1v) is 15.5. The Morgan fingerprint density at radius 2 is 1.48 bits per heavy atom. The molecule has 10 nitrogen and oxygen atoms in total. The molecule has 5 N–H and O–H groups in total. The maximum Gasteiger partial charge on any atom is 0.404 e. The molecule has 3 atom stereocenters. The van der Waals surface area contributed by atoms with E-state index >= 15 is 0 Å². The number of ether oxygens (including phenoxy) is 1. The highest BCUT2D eigenvalue weighted by Crippen LogP contribution is 2.35. The van der Waals surface area contributed by atoms with E-state index in [2.05, 4.69) is 49.5 Å². The van der Waals surface area contributed by atoms with Crippen LogP contribution in [-0.2, 0) is 9.53 Å². The van der Waals surface area contributed by atoms with Crippen LogP contribution < -0.4 is 11.1 Å². The van der Waals surface area contributed by atoms with E-state index in [0.29, 0.717) is 25.2 Å². The molecule has 0 saturated carbocycles. The number of halogens is 3. The smallest absolute Gasteiger partial charge is 0.404 e. The Hall–Kier alpha value is -4.65. The van der Waals surface area contributed by atoms with E-state index < -0.39 is 49.6 Å². The normalized spacial score (nSPS) is 19.0. The van der Waals surface area contributed by atoms with Gasteiger partial charge in [-0.25, -0.2) is 14.8 Å². The monoisotopic (exact) mass is 635 g/mol. The highest BCUT2D eigenvalue weighted by Gasteiger charge is 2.38. The van der Waals surface area contributed by atoms with Gasteiger partial charge in [-0.15, -0.1) is 0 Å². The van der Waals surface area contributed by atoms with Crippen LogP contribution in [0, 0.1) is 5.92 Å². The highest BCUT2D eigenvalue weighted by molar-refractivity contribution is 5.80. The number of nitrogens with zero attached hydrogens (tertiary/aromatic N) is 3. The topological polar surface area (TPSA) is 142 Å². The number of likely N-dealkylation sites (tertiary alicyclic amines) is 1. The van der Waals surface area contributed by atoms with Crippen LogP contribution >= 0.6 is 0 Å². The molecule has 13 heteroatoms. The van der Waals surface area contributed by atoms with Gasteiger partial charge in [-0.3, -0.25) is 4.79 Å². The molecule has 0 bridgehead atoms. The number of H-pyrrole nitrogens is 2. The van der Waals surface area contributed by atoms with E-state index in [1.165, 1.54) is 4.90 Å². The van der Waals surface area contributed by atoms with Gasteiger partial charge in [-0.05, 0) is 60.9 Å². The number of carbonyl (C=O) groups excluding carboxylic acids is 2. The summed E-state index contributed by atoms with van der Waals surface area (Å²) in [5.41, 5.74) is 10.8. The van der Waals surface area contributed by atoms with E-state index in [0.717, 1.165) is 58.9 Å². The number of carbonyl (C=O) groups is 2. The predicted octanol–water partition coefficient (Wildman–Crippen LogP) is 6.28. The maximum absolute atomic E-state index is 13.3. The second-order valence-electron chi connectivity index (χ2n) is 11.8. The van der Waals surface area contributed by atoms with E-state index in [4.69, 9.17) is 10.5 Å². The lowest BCUT2D eigenvalue weighted by atomic mass is 10.0. The van der Waals surface area contributed by atoms with Crippen molar-refractivity contribution in [1.82, 2.24) is 30.2 Å². The number of alkyl halides is 3. The van der Waals surface area contributed by atoms with E-state index in [-0.39, 0.29) is 6.04 Å². The number of aromatic amines is 2. The molecule has 4 aromatic rings. The van der Waals surface area contributed by atoms with Crippen molar-refractivity contribution in [3.8, 4) is 33.6 Å². The molecule has 0 aliphatic carbocycles.